The second-order valence-electron chi connectivity index (χ2n) is 6.24. The van der Waals surface area contributed by atoms with Gasteiger partial charge in [-0.2, -0.15) is 8.42 Å². The molecule has 0 spiro atoms. The van der Waals surface area contributed by atoms with Crippen LogP contribution in [0.1, 0.15) is 0 Å². The molecular weight excluding hydrogens is 406 g/mol. The van der Waals surface area contributed by atoms with Gasteiger partial charge in [-0.15, -0.1) is 0 Å². The van der Waals surface area contributed by atoms with Crippen molar-refractivity contribution in [3.05, 3.63) is 82.1 Å². The monoisotopic (exact) mass is 418 g/mol. The van der Waals surface area contributed by atoms with Crippen LogP contribution in [0.3, 0.4) is 0 Å². The Morgan fingerprint density at radius 1 is 0.900 bits per heavy atom. The number of nitrogens with zero attached hydrogens (tertiary/aromatic N) is 5. The summed E-state index contributed by atoms with van der Waals surface area (Å²) in [6, 6.07) is 16.7. The van der Waals surface area contributed by atoms with Gasteiger partial charge in [0.15, 0.2) is 10.7 Å². The van der Waals surface area contributed by atoms with Crippen LogP contribution in [0, 0.1) is 5.39 Å². The maximum atomic E-state index is 13.1. The second-order valence-corrected chi connectivity index (χ2v) is 7.75. The lowest BCUT2D eigenvalue weighted by atomic mass is 10.1. The molecule has 10 heteroatoms. The highest BCUT2D eigenvalue weighted by molar-refractivity contribution is 7.87. The molecule has 1 N–H and O–H groups in total. The SMILES string of the molecule is N#[N+]c1ccc2c(S(=O)(=O)Oc3cccc4c(N=[N+]=[N-])cccc34)cccc2c1O. The molecule has 0 fully saturated rings. The van der Waals surface area contributed by atoms with Gasteiger partial charge >= 0.3 is 15.8 Å². The van der Waals surface area contributed by atoms with E-state index in [2.05, 4.69) is 15.0 Å². The van der Waals surface area contributed by atoms with Crippen molar-refractivity contribution in [1.29, 1.82) is 5.39 Å². The Hall–Kier alpha value is -4.32. The quantitative estimate of drug-likeness (QED) is 0.144. The van der Waals surface area contributed by atoms with E-state index in [1.807, 2.05) is 0 Å². The van der Waals surface area contributed by atoms with Crippen molar-refractivity contribution in [1.82, 2.24) is 0 Å². The molecule has 0 radical (unpaired) electrons. The third-order valence-corrected chi connectivity index (χ3v) is 5.85. The van der Waals surface area contributed by atoms with Crippen LogP contribution in [0.2, 0.25) is 0 Å². The van der Waals surface area contributed by atoms with Gasteiger partial charge in [0.05, 0.1) is 0 Å². The number of aromatic hydroxyl groups is 1. The highest BCUT2D eigenvalue weighted by Crippen LogP contribution is 2.39. The Kier molecular flexibility index (Phi) is 4.60. The molecule has 0 atom stereocenters. The maximum absolute atomic E-state index is 13.1. The Morgan fingerprint density at radius 2 is 1.60 bits per heavy atom. The first-order valence-electron chi connectivity index (χ1n) is 8.57. The maximum Gasteiger partial charge on any atom is 0.426 e. The number of phenolic OH excluding ortho intramolecular Hbond substituents is 1. The molecule has 0 saturated heterocycles. The molecule has 0 aliphatic heterocycles. The molecule has 0 aliphatic carbocycles. The topological polar surface area (TPSA) is 141 Å². The molecule has 4 aromatic carbocycles. The van der Waals surface area contributed by atoms with Crippen LogP contribution < -0.4 is 4.18 Å². The minimum Gasteiger partial charge on any atom is -0.501 e. The Morgan fingerprint density at radius 3 is 2.37 bits per heavy atom. The van der Waals surface area contributed by atoms with Gasteiger partial charge in [-0.1, -0.05) is 47.6 Å². The fourth-order valence-electron chi connectivity index (χ4n) is 3.24. The molecule has 0 saturated carbocycles. The lowest BCUT2D eigenvalue weighted by Crippen LogP contribution is -2.10. The van der Waals surface area contributed by atoms with E-state index in [9.17, 15) is 13.5 Å². The summed E-state index contributed by atoms with van der Waals surface area (Å²) >= 11 is 0. The molecule has 0 amide bonds. The first-order chi connectivity index (χ1) is 14.5. The van der Waals surface area contributed by atoms with Crippen molar-refractivity contribution in [2.75, 3.05) is 0 Å². The van der Waals surface area contributed by atoms with Crippen molar-refractivity contribution in [2.24, 2.45) is 5.11 Å². The second kappa shape index (κ2) is 7.25. The lowest BCUT2D eigenvalue weighted by Gasteiger charge is -2.12. The average Bonchev–Trinajstić information content (AvgIpc) is 2.74. The average molecular weight is 418 g/mol. The zero-order valence-electron chi connectivity index (χ0n) is 15.2. The molecule has 4 aromatic rings. The Bertz CT molecular complexity index is 1520. The third-order valence-electron chi connectivity index (χ3n) is 4.56. The highest BCUT2D eigenvalue weighted by Gasteiger charge is 2.24. The van der Waals surface area contributed by atoms with Crippen molar-refractivity contribution >= 4 is 43.0 Å². The van der Waals surface area contributed by atoms with Crippen LogP contribution in [-0.4, -0.2) is 13.5 Å². The van der Waals surface area contributed by atoms with Crippen LogP contribution in [0.15, 0.2) is 76.7 Å². The number of benzene rings is 4. The Balaban J connectivity index is 1.87. The Labute approximate surface area is 170 Å². The first kappa shape index (κ1) is 19.0. The summed E-state index contributed by atoms with van der Waals surface area (Å²) in [6.07, 6.45) is 0. The summed E-state index contributed by atoms with van der Waals surface area (Å²) in [5.74, 6) is -0.290. The van der Waals surface area contributed by atoms with Gasteiger partial charge in [-0.25, -0.2) is 0 Å². The molecule has 0 aliphatic rings. The zero-order chi connectivity index (χ0) is 21.3. The van der Waals surface area contributed by atoms with E-state index in [0.717, 1.165) is 0 Å². The molecular formula is C20H12N5O4S+. The van der Waals surface area contributed by atoms with Crippen LogP contribution in [0.5, 0.6) is 11.5 Å². The van der Waals surface area contributed by atoms with E-state index in [1.165, 1.54) is 36.4 Å². The molecule has 0 unspecified atom stereocenters. The number of hydrogen-bond acceptors (Lipinski definition) is 6. The van der Waals surface area contributed by atoms with E-state index in [4.69, 9.17) is 15.1 Å². The predicted octanol–water partition coefficient (Wildman–Crippen LogP) is 5.89. The summed E-state index contributed by atoms with van der Waals surface area (Å²) in [5, 5.41) is 24.2. The highest BCUT2D eigenvalue weighted by atomic mass is 32.2. The van der Waals surface area contributed by atoms with Gasteiger partial charge in [0.1, 0.15) is 4.90 Å². The summed E-state index contributed by atoms with van der Waals surface area (Å²) in [6.45, 7) is 0. The van der Waals surface area contributed by atoms with Crippen molar-refractivity contribution in [2.45, 2.75) is 4.90 Å². The third kappa shape index (κ3) is 3.10. The van der Waals surface area contributed by atoms with Crippen LogP contribution in [0.4, 0.5) is 11.4 Å². The molecule has 4 rings (SSSR count). The van der Waals surface area contributed by atoms with E-state index >= 15 is 0 Å². The van der Waals surface area contributed by atoms with E-state index in [-0.39, 0.29) is 32.9 Å². The van der Waals surface area contributed by atoms with Gasteiger partial charge in [-0.05, 0) is 29.1 Å². The van der Waals surface area contributed by atoms with Gasteiger partial charge in [0.2, 0.25) is 11.1 Å². The minimum atomic E-state index is -4.30. The fraction of sp³-hybridized carbons (Fsp3) is 0. The standard InChI is InChI=1S/C20H11N5O4S/c21-23-17-11-10-14-15(20(17)26)6-3-9-19(14)30(27,28)29-18-8-2-4-12-13(18)5-1-7-16(12)24-25-22/h1-11H/p+1. The summed E-state index contributed by atoms with van der Waals surface area (Å²) in [4.78, 5) is 5.59. The predicted molar refractivity (Wildman–Crippen MR) is 111 cm³/mol. The zero-order valence-corrected chi connectivity index (χ0v) is 16.0. The lowest BCUT2D eigenvalue weighted by molar-refractivity contribution is 0.484. The number of rotatable bonds is 4. The summed E-state index contributed by atoms with van der Waals surface area (Å²) in [5.41, 5.74) is 8.99. The molecule has 30 heavy (non-hydrogen) atoms. The number of fused-ring (bicyclic) bond motifs is 2. The fourth-order valence-corrected chi connectivity index (χ4v) is 4.40. The van der Waals surface area contributed by atoms with E-state index in [1.54, 1.807) is 30.3 Å². The van der Waals surface area contributed by atoms with Crippen molar-refractivity contribution in [3.8, 4) is 11.5 Å². The number of azide groups is 1. The first-order valence-corrected chi connectivity index (χ1v) is 9.98. The molecule has 9 nitrogen and oxygen atoms in total. The molecule has 0 bridgehead atoms. The van der Waals surface area contributed by atoms with Gasteiger partial charge in [-0.3, -0.25) is 0 Å². The largest absolute Gasteiger partial charge is 0.501 e. The number of phenols is 1. The van der Waals surface area contributed by atoms with Crippen LogP contribution in [0.25, 0.3) is 37.0 Å². The van der Waals surface area contributed by atoms with E-state index in [0.29, 0.717) is 16.5 Å². The molecule has 0 aromatic heterocycles. The normalized spacial score (nSPS) is 11.0. The summed E-state index contributed by atoms with van der Waals surface area (Å²) < 4.78 is 31.6. The minimum absolute atomic E-state index is 0.0608. The summed E-state index contributed by atoms with van der Waals surface area (Å²) in [7, 11) is -4.30. The van der Waals surface area contributed by atoms with Gasteiger partial charge in [0.25, 0.3) is 0 Å². The van der Waals surface area contributed by atoms with Crippen LogP contribution >= 0.6 is 0 Å². The number of hydrogen-bond donors (Lipinski definition) is 1. The van der Waals surface area contributed by atoms with E-state index < -0.39 is 10.1 Å². The van der Waals surface area contributed by atoms with Gasteiger partial charge < -0.3 is 9.29 Å². The number of diazo groups is 1. The smallest absolute Gasteiger partial charge is 0.426 e. The molecule has 146 valence electrons. The molecule has 0 heterocycles. The van der Waals surface area contributed by atoms with Crippen molar-refractivity contribution < 1.29 is 17.7 Å². The van der Waals surface area contributed by atoms with Gasteiger partial charge in [0, 0.05) is 32.8 Å². The van der Waals surface area contributed by atoms with Crippen LogP contribution in [-0.2, 0) is 10.1 Å². The van der Waals surface area contributed by atoms with Crippen molar-refractivity contribution in [3.63, 3.8) is 0 Å².